The smallest absolute Gasteiger partial charge is 0.254 e. The number of benzene rings is 2. The van der Waals surface area contributed by atoms with Crippen LogP contribution in [0.15, 0.2) is 72.9 Å². The van der Waals surface area contributed by atoms with Crippen molar-refractivity contribution in [3.63, 3.8) is 0 Å². The number of hydrogen-bond acceptors (Lipinski definition) is 3. The Bertz CT molecular complexity index is 1120. The highest BCUT2D eigenvalue weighted by atomic mass is 16.2. The van der Waals surface area contributed by atoms with E-state index in [0.29, 0.717) is 18.7 Å². The third-order valence-electron chi connectivity index (χ3n) is 4.99. The molecule has 29 heavy (non-hydrogen) atoms. The maximum absolute atomic E-state index is 13.2. The number of carbonyl (C=O) groups excluding carboxylic acids is 1. The van der Waals surface area contributed by atoms with Gasteiger partial charge in [-0.2, -0.15) is 5.10 Å². The zero-order chi connectivity index (χ0) is 20.2. The fourth-order valence-electron chi connectivity index (χ4n) is 3.50. The second-order valence-electron chi connectivity index (χ2n) is 7.17. The number of fused-ring (bicyclic) bond motifs is 1. The molecule has 0 aliphatic carbocycles. The van der Waals surface area contributed by atoms with Gasteiger partial charge in [-0.15, -0.1) is 0 Å². The predicted octanol–water partition coefficient (Wildman–Crippen LogP) is 4.63. The molecule has 0 atom stereocenters. The molecule has 4 aromatic rings. The molecule has 2 aromatic carbocycles. The quantitative estimate of drug-likeness (QED) is 0.487. The van der Waals surface area contributed by atoms with Crippen molar-refractivity contribution in [2.75, 3.05) is 13.6 Å². The molecule has 0 N–H and O–H groups in total. The van der Waals surface area contributed by atoms with E-state index in [-0.39, 0.29) is 5.91 Å². The van der Waals surface area contributed by atoms with Crippen LogP contribution in [0.3, 0.4) is 0 Å². The summed E-state index contributed by atoms with van der Waals surface area (Å²) in [6, 6.07) is 22.0. The number of pyridine rings is 1. The van der Waals surface area contributed by atoms with E-state index in [1.165, 1.54) is 0 Å². The normalized spacial score (nSPS) is 11.0. The van der Waals surface area contributed by atoms with Gasteiger partial charge in [0.2, 0.25) is 0 Å². The van der Waals surface area contributed by atoms with Crippen molar-refractivity contribution >= 4 is 16.9 Å². The molecule has 146 valence electrons. The average molecular weight is 384 g/mol. The van der Waals surface area contributed by atoms with Crippen LogP contribution >= 0.6 is 0 Å². The first-order valence-corrected chi connectivity index (χ1v) is 9.88. The minimum Gasteiger partial charge on any atom is -0.342 e. The summed E-state index contributed by atoms with van der Waals surface area (Å²) in [6.45, 7) is 3.38. The molecular weight excluding hydrogens is 360 g/mol. The Morgan fingerprint density at radius 1 is 1.03 bits per heavy atom. The third-order valence-corrected chi connectivity index (χ3v) is 4.99. The van der Waals surface area contributed by atoms with E-state index in [4.69, 9.17) is 4.98 Å². The van der Waals surface area contributed by atoms with E-state index >= 15 is 0 Å². The first-order chi connectivity index (χ1) is 14.2. The number of rotatable bonds is 6. The van der Waals surface area contributed by atoms with E-state index in [0.717, 1.165) is 34.3 Å². The van der Waals surface area contributed by atoms with Crippen LogP contribution < -0.4 is 0 Å². The summed E-state index contributed by atoms with van der Waals surface area (Å²) in [5, 5.41) is 5.34. The Morgan fingerprint density at radius 3 is 2.41 bits per heavy atom. The Hall–Kier alpha value is -3.47. The summed E-state index contributed by atoms with van der Waals surface area (Å²) in [7, 11) is 1.84. The summed E-state index contributed by atoms with van der Waals surface area (Å²) < 4.78 is 1.87. The summed E-state index contributed by atoms with van der Waals surface area (Å²) in [5.41, 5.74) is 4.27. The SMILES string of the molecule is CCCN(C)C(=O)c1cc(-c2ccccc2)nc2c1cnn2Cc1ccccc1. The molecule has 5 nitrogen and oxygen atoms in total. The average Bonchev–Trinajstić information content (AvgIpc) is 3.17. The summed E-state index contributed by atoms with van der Waals surface area (Å²) in [6.07, 6.45) is 2.67. The van der Waals surface area contributed by atoms with Crippen LogP contribution in [0, 0.1) is 0 Å². The van der Waals surface area contributed by atoms with E-state index < -0.39 is 0 Å². The van der Waals surface area contributed by atoms with Crippen molar-refractivity contribution < 1.29 is 4.79 Å². The van der Waals surface area contributed by atoms with Crippen LogP contribution in [0.1, 0.15) is 29.3 Å². The van der Waals surface area contributed by atoms with E-state index in [1.54, 1.807) is 11.1 Å². The lowest BCUT2D eigenvalue weighted by Crippen LogP contribution is -2.27. The molecule has 0 fully saturated rings. The topological polar surface area (TPSA) is 51.0 Å². The molecule has 4 rings (SSSR count). The van der Waals surface area contributed by atoms with Crippen molar-refractivity contribution in [2.24, 2.45) is 0 Å². The standard InChI is InChI=1S/C24H24N4O/c1-3-14-27(2)24(29)20-15-22(19-12-8-5-9-13-19)26-23-21(20)16-25-28(23)17-18-10-6-4-7-11-18/h4-13,15-16H,3,14,17H2,1-2H3. The number of nitrogens with zero attached hydrogens (tertiary/aromatic N) is 4. The minimum atomic E-state index is -0.00399. The maximum atomic E-state index is 13.2. The number of carbonyl (C=O) groups is 1. The fraction of sp³-hybridized carbons (Fsp3) is 0.208. The van der Waals surface area contributed by atoms with Crippen LogP contribution in [0.2, 0.25) is 0 Å². The van der Waals surface area contributed by atoms with Crippen LogP contribution in [-0.2, 0) is 6.54 Å². The molecule has 0 aliphatic heterocycles. The molecule has 0 radical (unpaired) electrons. The maximum Gasteiger partial charge on any atom is 0.254 e. The predicted molar refractivity (Wildman–Crippen MR) is 116 cm³/mol. The number of hydrogen-bond donors (Lipinski definition) is 0. The fourth-order valence-corrected chi connectivity index (χ4v) is 3.50. The molecule has 0 bridgehead atoms. The van der Waals surface area contributed by atoms with E-state index in [2.05, 4.69) is 24.2 Å². The molecule has 0 spiro atoms. The van der Waals surface area contributed by atoms with E-state index in [1.807, 2.05) is 66.3 Å². The first-order valence-electron chi connectivity index (χ1n) is 9.88. The lowest BCUT2D eigenvalue weighted by molar-refractivity contribution is 0.0797. The van der Waals surface area contributed by atoms with Gasteiger partial charge in [0, 0.05) is 19.2 Å². The highest BCUT2D eigenvalue weighted by Crippen LogP contribution is 2.26. The molecule has 5 heteroatoms. The van der Waals surface area contributed by atoms with Gasteiger partial charge in [0.1, 0.15) is 0 Å². The molecule has 1 amide bonds. The van der Waals surface area contributed by atoms with Crippen molar-refractivity contribution in [1.29, 1.82) is 0 Å². The Balaban J connectivity index is 1.86. The molecule has 0 unspecified atom stereocenters. The largest absolute Gasteiger partial charge is 0.342 e. The van der Waals surface area contributed by atoms with Gasteiger partial charge < -0.3 is 4.90 Å². The Labute approximate surface area is 170 Å². The van der Waals surface area contributed by atoms with Crippen LogP contribution in [0.4, 0.5) is 0 Å². The lowest BCUT2D eigenvalue weighted by atomic mass is 10.1. The second-order valence-corrected chi connectivity index (χ2v) is 7.17. The highest BCUT2D eigenvalue weighted by Gasteiger charge is 2.20. The third kappa shape index (κ3) is 3.90. The van der Waals surface area contributed by atoms with Gasteiger partial charge in [-0.1, -0.05) is 67.6 Å². The Kier molecular flexibility index (Phi) is 5.38. The Morgan fingerprint density at radius 2 is 1.72 bits per heavy atom. The van der Waals surface area contributed by atoms with Gasteiger partial charge in [0.25, 0.3) is 5.91 Å². The summed E-state index contributed by atoms with van der Waals surface area (Å²) in [5.74, 6) is -0.00399. The molecule has 0 saturated heterocycles. The lowest BCUT2D eigenvalue weighted by Gasteiger charge is -2.17. The number of aromatic nitrogens is 3. The van der Waals surface area contributed by atoms with Crippen LogP contribution in [0.5, 0.6) is 0 Å². The molecule has 0 saturated carbocycles. The molecule has 2 heterocycles. The van der Waals surface area contributed by atoms with Crippen molar-refractivity contribution in [1.82, 2.24) is 19.7 Å². The number of amides is 1. The highest BCUT2D eigenvalue weighted by molar-refractivity contribution is 6.06. The van der Waals surface area contributed by atoms with Gasteiger partial charge in [-0.05, 0) is 18.1 Å². The van der Waals surface area contributed by atoms with Gasteiger partial charge >= 0.3 is 0 Å². The van der Waals surface area contributed by atoms with Crippen molar-refractivity contribution in [3.05, 3.63) is 84.1 Å². The van der Waals surface area contributed by atoms with Crippen molar-refractivity contribution in [3.8, 4) is 11.3 Å². The van der Waals surface area contributed by atoms with Crippen molar-refractivity contribution in [2.45, 2.75) is 19.9 Å². The van der Waals surface area contributed by atoms with Crippen LogP contribution in [-0.4, -0.2) is 39.2 Å². The summed E-state index contributed by atoms with van der Waals surface area (Å²) in [4.78, 5) is 19.8. The molecule has 0 aliphatic rings. The van der Waals surface area contributed by atoms with E-state index in [9.17, 15) is 4.79 Å². The minimum absolute atomic E-state index is 0.00399. The molecule has 2 aromatic heterocycles. The van der Waals surface area contributed by atoms with Gasteiger partial charge in [-0.25, -0.2) is 9.67 Å². The monoisotopic (exact) mass is 384 g/mol. The zero-order valence-electron chi connectivity index (χ0n) is 16.7. The zero-order valence-corrected chi connectivity index (χ0v) is 16.7. The van der Waals surface area contributed by atoms with Gasteiger partial charge in [0.05, 0.1) is 29.4 Å². The second kappa shape index (κ2) is 8.27. The van der Waals surface area contributed by atoms with Gasteiger partial charge in [0.15, 0.2) is 5.65 Å². The van der Waals surface area contributed by atoms with Gasteiger partial charge in [-0.3, -0.25) is 4.79 Å². The first kappa shape index (κ1) is 18.9. The summed E-state index contributed by atoms with van der Waals surface area (Å²) >= 11 is 0. The van der Waals surface area contributed by atoms with Crippen LogP contribution in [0.25, 0.3) is 22.3 Å². The molecular formula is C24H24N4O.